The molecule has 0 aliphatic heterocycles. The summed E-state index contributed by atoms with van der Waals surface area (Å²) in [6.07, 6.45) is 0. The molecule has 3 rings (SSSR count). The van der Waals surface area contributed by atoms with Crippen molar-refractivity contribution >= 4 is 21.7 Å². The van der Waals surface area contributed by atoms with Gasteiger partial charge in [-0.05, 0) is 34.6 Å². The van der Waals surface area contributed by atoms with Crippen LogP contribution in [0.3, 0.4) is 0 Å². The highest BCUT2D eigenvalue weighted by Gasteiger charge is 2.15. The van der Waals surface area contributed by atoms with Gasteiger partial charge < -0.3 is 4.42 Å². The Morgan fingerprint density at radius 1 is 0.895 bits per heavy atom. The Balaban J connectivity index is 2.48. The molecule has 0 atom stereocenters. The number of hydrogen-bond donors (Lipinski definition) is 0. The van der Waals surface area contributed by atoms with E-state index in [1.807, 2.05) is 36.4 Å². The van der Waals surface area contributed by atoms with Gasteiger partial charge >= 0.3 is 5.63 Å². The minimum Gasteiger partial charge on any atom is -0.422 e. The first-order valence-corrected chi connectivity index (χ1v) is 6.43. The average molecular weight is 252 g/mol. The van der Waals surface area contributed by atoms with E-state index in [-0.39, 0.29) is 11.0 Å². The lowest BCUT2D eigenvalue weighted by molar-refractivity contribution is 0.566. The summed E-state index contributed by atoms with van der Waals surface area (Å²) in [6.45, 7) is 6.53. The van der Waals surface area contributed by atoms with Crippen LogP contribution in [-0.2, 0) is 5.41 Å². The summed E-state index contributed by atoms with van der Waals surface area (Å²) in [5.41, 5.74) is 1.69. The molecule has 0 amide bonds. The molecule has 1 aromatic heterocycles. The van der Waals surface area contributed by atoms with Crippen molar-refractivity contribution in [2.24, 2.45) is 0 Å². The van der Waals surface area contributed by atoms with Gasteiger partial charge in [0.25, 0.3) is 0 Å². The Labute approximate surface area is 111 Å². The molecule has 0 bridgehead atoms. The monoisotopic (exact) mass is 252 g/mol. The van der Waals surface area contributed by atoms with E-state index in [0.717, 1.165) is 10.8 Å². The Morgan fingerprint density at radius 3 is 2.26 bits per heavy atom. The zero-order chi connectivity index (χ0) is 13.6. The second kappa shape index (κ2) is 3.95. The molecule has 2 heteroatoms. The fraction of sp³-hybridized carbons (Fsp3) is 0.235. The number of benzene rings is 2. The van der Waals surface area contributed by atoms with E-state index in [1.165, 1.54) is 5.56 Å². The van der Waals surface area contributed by atoms with Crippen LogP contribution in [0.4, 0.5) is 0 Å². The van der Waals surface area contributed by atoms with Crippen LogP contribution in [0.1, 0.15) is 26.3 Å². The smallest absolute Gasteiger partial charge is 0.344 e. The molecule has 0 spiro atoms. The predicted octanol–water partition coefficient (Wildman–Crippen LogP) is 4.24. The van der Waals surface area contributed by atoms with Gasteiger partial charge in [-0.15, -0.1) is 0 Å². The van der Waals surface area contributed by atoms with Crippen molar-refractivity contribution in [3.63, 3.8) is 0 Å². The molecule has 3 aromatic rings. The number of rotatable bonds is 0. The summed E-state index contributed by atoms with van der Waals surface area (Å²) in [4.78, 5) is 11.9. The van der Waals surface area contributed by atoms with E-state index in [1.54, 1.807) is 0 Å². The van der Waals surface area contributed by atoms with Gasteiger partial charge in [0.1, 0.15) is 5.58 Å². The Hall–Kier alpha value is -2.09. The third kappa shape index (κ3) is 1.93. The van der Waals surface area contributed by atoms with Gasteiger partial charge in [0.05, 0.1) is 5.39 Å². The van der Waals surface area contributed by atoms with Crippen LogP contribution in [-0.4, -0.2) is 0 Å². The first-order chi connectivity index (χ1) is 8.97. The molecule has 2 aromatic carbocycles. The topological polar surface area (TPSA) is 30.2 Å². The van der Waals surface area contributed by atoms with E-state index in [2.05, 4.69) is 26.8 Å². The number of hydrogen-bond acceptors (Lipinski definition) is 2. The van der Waals surface area contributed by atoms with Crippen LogP contribution in [0, 0.1) is 0 Å². The summed E-state index contributed by atoms with van der Waals surface area (Å²) in [6, 6.07) is 13.6. The highest BCUT2D eigenvalue weighted by atomic mass is 16.4. The lowest BCUT2D eigenvalue weighted by atomic mass is 9.86. The van der Waals surface area contributed by atoms with Gasteiger partial charge in [-0.3, -0.25) is 0 Å². The van der Waals surface area contributed by atoms with E-state index < -0.39 is 0 Å². The molecule has 0 aliphatic rings. The zero-order valence-electron chi connectivity index (χ0n) is 11.4. The van der Waals surface area contributed by atoms with Crippen LogP contribution in [0.15, 0.2) is 51.7 Å². The van der Waals surface area contributed by atoms with Crippen LogP contribution < -0.4 is 5.63 Å². The Kier molecular flexibility index (Phi) is 2.49. The third-order valence-corrected chi connectivity index (χ3v) is 3.49. The molecule has 19 heavy (non-hydrogen) atoms. The molecule has 0 saturated carbocycles. The van der Waals surface area contributed by atoms with Crippen LogP contribution in [0.2, 0.25) is 0 Å². The second-order valence-corrected chi connectivity index (χ2v) is 5.90. The summed E-state index contributed by atoms with van der Waals surface area (Å²) in [5.74, 6) is 0. The largest absolute Gasteiger partial charge is 0.422 e. The molecule has 0 aliphatic carbocycles. The summed E-state index contributed by atoms with van der Waals surface area (Å²) < 4.78 is 5.39. The molecular formula is C17H16O2. The zero-order valence-corrected chi connectivity index (χ0v) is 11.4. The minimum atomic E-state index is -0.272. The van der Waals surface area contributed by atoms with Crippen molar-refractivity contribution in [2.75, 3.05) is 0 Å². The minimum absolute atomic E-state index is 0.0748. The predicted molar refractivity (Wildman–Crippen MR) is 78.7 cm³/mol. The quantitative estimate of drug-likeness (QED) is 0.442. The van der Waals surface area contributed by atoms with Gasteiger partial charge in [-0.25, -0.2) is 4.79 Å². The van der Waals surface area contributed by atoms with Crippen molar-refractivity contribution < 1.29 is 4.42 Å². The van der Waals surface area contributed by atoms with Crippen molar-refractivity contribution in [1.29, 1.82) is 0 Å². The fourth-order valence-electron chi connectivity index (χ4n) is 2.35. The average Bonchev–Trinajstić information content (AvgIpc) is 2.37. The Morgan fingerprint density at radius 2 is 1.58 bits per heavy atom. The highest BCUT2D eigenvalue weighted by molar-refractivity contribution is 6.04. The maximum Gasteiger partial charge on any atom is 0.344 e. The van der Waals surface area contributed by atoms with E-state index in [4.69, 9.17) is 4.42 Å². The van der Waals surface area contributed by atoms with Crippen molar-refractivity contribution in [3.8, 4) is 0 Å². The van der Waals surface area contributed by atoms with E-state index in [9.17, 15) is 4.79 Å². The standard InChI is InChI=1S/C17H16O2/c1-17(2,3)11-8-9-15-14(10-11)12-6-4-5-7-13(12)16(18)19-15/h4-10H,1-3H3. The van der Waals surface area contributed by atoms with Gasteiger partial charge in [0.2, 0.25) is 0 Å². The normalized spacial score (nSPS) is 12.2. The van der Waals surface area contributed by atoms with Crippen LogP contribution in [0.5, 0.6) is 0 Å². The van der Waals surface area contributed by atoms with E-state index in [0.29, 0.717) is 11.0 Å². The van der Waals surface area contributed by atoms with Gasteiger partial charge in [-0.2, -0.15) is 0 Å². The maximum absolute atomic E-state index is 11.9. The fourth-order valence-corrected chi connectivity index (χ4v) is 2.35. The lowest BCUT2D eigenvalue weighted by Gasteiger charge is -2.19. The SMILES string of the molecule is CC(C)(C)c1ccc2oc(=O)c3ccccc3c2c1. The molecule has 0 saturated heterocycles. The van der Waals surface area contributed by atoms with Crippen molar-refractivity contribution in [3.05, 3.63) is 58.4 Å². The molecule has 0 radical (unpaired) electrons. The molecule has 96 valence electrons. The molecule has 0 N–H and O–H groups in total. The van der Waals surface area contributed by atoms with Crippen molar-refractivity contribution in [2.45, 2.75) is 26.2 Å². The second-order valence-electron chi connectivity index (χ2n) is 5.90. The molecule has 2 nitrogen and oxygen atoms in total. The van der Waals surface area contributed by atoms with Crippen LogP contribution >= 0.6 is 0 Å². The Bertz CT molecular complexity index is 820. The highest BCUT2D eigenvalue weighted by Crippen LogP contribution is 2.29. The maximum atomic E-state index is 11.9. The van der Waals surface area contributed by atoms with E-state index >= 15 is 0 Å². The summed E-state index contributed by atoms with van der Waals surface area (Å²) in [5, 5.41) is 2.60. The molecule has 0 fully saturated rings. The number of fused-ring (bicyclic) bond motifs is 3. The van der Waals surface area contributed by atoms with Crippen LogP contribution in [0.25, 0.3) is 21.7 Å². The third-order valence-electron chi connectivity index (χ3n) is 3.49. The van der Waals surface area contributed by atoms with Crippen molar-refractivity contribution in [1.82, 2.24) is 0 Å². The van der Waals surface area contributed by atoms with Gasteiger partial charge in [0, 0.05) is 5.39 Å². The summed E-state index contributed by atoms with van der Waals surface area (Å²) >= 11 is 0. The lowest BCUT2D eigenvalue weighted by Crippen LogP contribution is -2.11. The van der Waals surface area contributed by atoms with Gasteiger partial charge in [0.15, 0.2) is 0 Å². The van der Waals surface area contributed by atoms with Gasteiger partial charge in [-0.1, -0.05) is 45.0 Å². The molecule has 1 heterocycles. The molecule has 0 unspecified atom stereocenters. The first-order valence-electron chi connectivity index (χ1n) is 6.43. The summed E-state index contributed by atoms with van der Waals surface area (Å²) in [7, 11) is 0. The molecular weight excluding hydrogens is 236 g/mol. The first kappa shape index (κ1) is 12.0.